The summed E-state index contributed by atoms with van der Waals surface area (Å²) in [5.41, 5.74) is 8.15. The zero-order valence-corrected chi connectivity index (χ0v) is 11.2. The Bertz CT molecular complexity index is 683. The minimum Gasteiger partial charge on any atom is -0.357 e. The van der Waals surface area contributed by atoms with Crippen LogP contribution in [-0.4, -0.2) is 11.1 Å². The predicted octanol–water partition coefficient (Wildman–Crippen LogP) is 2.55. The van der Waals surface area contributed by atoms with E-state index in [1.807, 2.05) is 0 Å². The summed E-state index contributed by atoms with van der Waals surface area (Å²) in [5.74, 6) is 0.368. The smallest absolute Gasteiger partial charge is 0.0851 e. The molecule has 1 unspecified atom stereocenters. The molecule has 3 rings (SSSR count). The van der Waals surface area contributed by atoms with Gasteiger partial charge in [0.05, 0.1) is 12.5 Å². The molecule has 1 atom stereocenters. The Balaban J connectivity index is 2.17. The Morgan fingerprint density at radius 2 is 1.68 bits per heavy atom. The summed E-state index contributed by atoms with van der Waals surface area (Å²) in [6.07, 6.45) is 2.24. The van der Waals surface area contributed by atoms with Gasteiger partial charge < -0.3 is 10.3 Å². The first-order valence-electron chi connectivity index (χ1n) is 6.69. The molecule has 0 spiro atoms. The van der Waals surface area contributed by atoms with Crippen LogP contribution >= 0.6 is 0 Å². The van der Waals surface area contributed by atoms with E-state index in [2.05, 4.69) is 78.1 Å². The number of hydrogen-bond donors (Lipinski definition) is 1. The van der Waals surface area contributed by atoms with Gasteiger partial charge in [0, 0.05) is 24.1 Å². The van der Waals surface area contributed by atoms with Crippen molar-refractivity contribution < 1.29 is 5.73 Å². The summed E-state index contributed by atoms with van der Waals surface area (Å²) in [6, 6.07) is 19.2. The molecular formula is C17H19N2+. The van der Waals surface area contributed by atoms with Crippen molar-refractivity contribution in [3.05, 3.63) is 71.9 Å². The molecule has 1 aromatic heterocycles. The maximum atomic E-state index is 4.15. The van der Waals surface area contributed by atoms with Crippen LogP contribution in [0.1, 0.15) is 17.0 Å². The minimum atomic E-state index is 0.368. The van der Waals surface area contributed by atoms with E-state index in [4.69, 9.17) is 0 Å². The van der Waals surface area contributed by atoms with Gasteiger partial charge in [0.25, 0.3) is 0 Å². The van der Waals surface area contributed by atoms with E-state index < -0.39 is 0 Å². The van der Waals surface area contributed by atoms with Crippen LogP contribution in [0.4, 0.5) is 0 Å². The zero-order chi connectivity index (χ0) is 13.2. The van der Waals surface area contributed by atoms with Crippen molar-refractivity contribution in [2.24, 2.45) is 7.05 Å². The highest BCUT2D eigenvalue weighted by molar-refractivity contribution is 5.85. The first-order chi connectivity index (χ1) is 9.31. The van der Waals surface area contributed by atoms with Crippen molar-refractivity contribution in [3.63, 3.8) is 0 Å². The van der Waals surface area contributed by atoms with Gasteiger partial charge in [0.15, 0.2) is 0 Å². The SMILES string of the molecule is Cn1cc(C(C[NH3+])c2ccccc2)c2ccccc21. The van der Waals surface area contributed by atoms with Crippen LogP contribution < -0.4 is 5.73 Å². The first kappa shape index (κ1) is 12.0. The fourth-order valence-corrected chi connectivity index (χ4v) is 2.84. The Hall–Kier alpha value is -2.06. The summed E-state index contributed by atoms with van der Waals surface area (Å²) >= 11 is 0. The van der Waals surface area contributed by atoms with Gasteiger partial charge in [-0.2, -0.15) is 0 Å². The molecule has 96 valence electrons. The molecule has 2 aromatic carbocycles. The number of aromatic nitrogens is 1. The highest BCUT2D eigenvalue weighted by Crippen LogP contribution is 2.30. The van der Waals surface area contributed by atoms with E-state index in [9.17, 15) is 0 Å². The monoisotopic (exact) mass is 251 g/mol. The highest BCUT2D eigenvalue weighted by atomic mass is 14.9. The minimum absolute atomic E-state index is 0.368. The molecule has 1 heterocycles. The number of rotatable bonds is 3. The molecule has 3 N–H and O–H groups in total. The molecule has 0 saturated carbocycles. The van der Waals surface area contributed by atoms with Gasteiger partial charge in [-0.15, -0.1) is 0 Å². The number of para-hydroxylation sites is 1. The second kappa shape index (κ2) is 4.90. The van der Waals surface area contributed by atoms with E-state index in [0.717, 1.165) is 6.54 Å². The molecule has 3 aromatic rings. The van der Waals surface area contributed by atoms with Crippen molar-refractivity contribution in [1.29, 1.82) is 0 Å². The molecule has 0 saturated heterocycles. The molecule has 0 radical (unpaired) electrons. The highest BCUT2D eigenvalue weighted by Gasteiger charge is 2.18. The average molecular weight is 251 g/mol. The van der Waals surface area contributed by atoms with Gasteiger partial charge in [0.2, 0.25) is 0 Å². The Labute approximate surface area is 113 Å². The normalized spacial score (nSPS) is 12.7. The lowest BCUT2D eigenvalue weighted by Gasteiger charge is -2.12. The predicted molar refractivity (Wildman–Crippen MR) is 79.0 cm³/mol. The number of nitrogens with zero attached hydrogens (tertiary/aromatic N) is 1. The van der Waals surface area contributed by atoms with Gasteiger partial charge in [-0.1, -0.05) is 48.5 Å². The molecule has 0 aliphatic carbocycles. The van der Waals surface area contributed by atoms with Crippen molar-refractivity contribution in [3.8, 4) is 0 Å². The Morgan fingerprint density at radius 3 is 2.42 bits per heavy atom. The molecule has 0 bridgehead atoms. The van der Waals surface area contributed by atoms with E-state index >= 15 is 0 Å². The second-order valence-electron chi connectivity index (χ2n) is 4.96. The third kappa shape index (κ3) is 2.04. The molecule has 2 heteroatoms. The van der Waals surface area contributed by atoms with Gasteiger partial charge in [-0.05, 0) is 17.2 Å². The molecule has 0 aliphatic heterocycles. The lowest BCUT2D eigenvalue weighted by atomic mass is 9.91. The maximum absolute atomic E-state index is 4.15. The van der Waals surface area contributed by atoms with Crippen LogP contribution in [0.5, 0.6) is 0 Å². The summed E-state index contributed by atoms with van der Waals surface area (Å²) in [7, 11) is 2.11. The molecule has 2 nitrogen and oxygen atoms in total. The molecular weight excluding hydrogens is 232 g/mol. The van der Waals surface area contributed by atoms with Crippen molar-refractivity contribution in [2.45, 2.75) is 5.92 Å². The molecule has 0 amide bonds. The molecule has 0 aliphatic rings. The maximum Gasteiger partial charge on any atom is 0.0851 e. The summed E-state index contributed by atoms with van der Waals surface area (Å²) in [4.78, 5) is 0. The third-order valence-corrected chi connectivity index (χ3v) is 3.79. The first-order valence-corrected chi connectivity index (χ1v) is 6.69. The van der Waals surface area contributed by atoms with Gasteiger partial charge in [-0.25, -0.2) is 0 Å². The van der Waals surface area contributed by atoms with Crippen molar-refractivity contribution in [2.75, 3.05) is 6.54 Å². The van der Waals surface area contributed by atoms with E-state index in [1.54, 1.807) is 0 Å². The zero-order valence-electron chi connectivity index (χ0n) is 11.2. The number of quaternary nitrogens is 1. The van der Waals surface area contributed by atoms with Crippen molar-refractivity contribution in [1.82, 2.24) is 4.57 Å². The van der Waals surface area contributed by atoms with Crippen LogP contribution in [0, 0.1) is 0 Å². The Morgan fingerprint density at radius 1 is 1.00 bits per heavy atom. The topological polar surface area (TPSA) is 32.6 Å². The quantitative estimate of drug-likeness (QED) is 0.742. The number of benzene rings is 2. The van der Waals surface area contributed by atoms with Gasteiger partial charge in [-0.3, -0.25) is 0 Å². The Kier molecular flexibility index (Phi) is 3.10. The number of aryl methyl sites for hydroxylation is 1. The van der Waals surface area contributed by atoms with Gasteiger partial charge >= 0.3 is 0 Å². The third-order valence-electron chi connectivity index (χ3n) is 3.79. The lowest BCUT2D eigenvalue weighted by Crippen LogP contribution is -2.53. The van der Waals surface area contributed by atoms with E-state index in [0.29, 0.717) is 5.92 Å². The lowest BCUT2D eigenvalue weighted by molar-refractivity contribution is -0.370. The summed E-state index contributed by atoms with van der Waals surface area (Å²) in [6.45, 7) is 0.873. The fraction of sp³-hybridized carbons (Fsp3) is 0.176. The van der Waals surface area contributed by atoms with Gasteiger partial charge in [0.1, 0.15) is 0 Å². The molecule has 19 heavy (non-hydrogen) atoms. The van der Waals surface area contributed by atoms with Crippen LogP contribution in [0.2, 0.25) is 0 Å². The number of hydrogen-bond acceptors (Lipinski definition) is 0. The summed E-state index contributed by atoms with van der Waals surface area (Å²) < 4.78 is 2.20. The van der Waals surface area contributed by atoms with E-state index in [1.165, 1.54) is 22.0 Å². The standard InChI is InChI=1S/C17H18N2/c1-19-12-16(14-9-5-6-10-17(14)19)15(11-18)13-7-3-2-4-8-13/h2-10,12,15H,11,18H2,1H3/p+1. The average Bonchev–Trinajstić information content (AvgIpc) is 2.79. The second-order valence-corrected chi connectivity index (χ2v) is 4.96. The van der Waals surface area contributed by atoms with E-state index in [-0.39, 0.29) is 0 Å². The van der Waals surface area contributed by atoms with Crippen LogP contribution in [-0.2, 0) is 7.05 Å². The fourth-order valence-electron chi connectivity index (χ4n) is 2.84. The van der Waals surface area contributed by atoms with Crippen molar-refractivity contribution >= 4 is 10.9 Å². The molecule has 0 fully saturated rings. The number of fused-ring (bicyclic) bond motifs is 1. The van der Waals surface area contributed by atoms with Crippen LogP contribution in [0.25, 0.3) is 10.9 Å². The largest absolute Gasteiger partial charge is 0.357 e. The summed E-state index contributed by atoms with van der Waals surface area (Å²) in [5, 5.41) is 1.34. The van der Waals surface area contributed by atoms with Crippen LogP contribution in [0.15, 0.2) is 60.8 Å². The van der Waals surface area contributed by atoms with Crippen LogP contribution in [0.3, 0.4) is 0 Å².